The highest BCUT2D eigenvalue weighted by Gasteiger charge is 2.40. The molecule has 1 aromatic heterocycles. The lowest BCUT2D eigenvalue weighted by Gasteiger charge is -2.24. The molecule has 1 aliphatic carbocycles. The van der Waals surface area contributed by atoms with Crippen LogP contribution in [0.3, 0.4) is 0 Å². The van der Waals surface area contributed by atoms with E-state index in [2.05, 4.69) is 4.98 Å². The molecule has 1 unspecified atom stereocenters. The normalized spacial score (nSPS) is 20.3. The lowest BCUT2D eigenvalue weighted by molar-refractivity contribution is -0.175. The van der Waals surface area contributed by atoms with Crippen LogP contribution in [0.2, 0.25) is 5.02 Å². The number of nitrogens with zero attached hydrogens (tertiary/aromatic N) is 1. The Hall–Kier alpha value is -1.24. The van der Waals surface area contributed by atoms with E-state index in [0.29, 0.717) is 5.57 Å². The average Bonchev–Trinajstić information content (AvgIpc) is 2.37. The van der Waals surface area contributed by atoms with Gasteiger partial charge in [0.2, 0.25) is 0 Å². The number of alkyl halides is 6. The average molecular weight is 330 g/mol. The van der Waals surface area contributed by atoms with Crippen molar-refractivity contribution in [2.24, 2.45) is 5.92 Å². The number of rotatable bonds is 1. The summed E-state index contributed by atoms with van der Waals surface area (Å²) < 4.78 is 75.5. The van der Waals surface area contributed by atoms with Gasteiger partial charge in [-0.3, -0.25) is 4.98 Å². The topological polar surface area (TPSA) is 12.9 Å². The van der Waals surface area contributed by atoms with Crippen LogP contribution in [0.25, 0.3) is 5.57 Å². The Labute approximate surface area is 121 Å². The van der Waals surface area contributed by atoms with E-state index in [1.165, 1.54) is 6.08 Å². The Balaban J connectivity index is 2.29. The van der Waals surface area contributed by atoms with Crippen molar-refractivity contribution in [3.05, 3.63) is 34.6 Å². The third-order valence-corrected chi connectivity index (χ3v) is 3.67. The van der Waals surface area contributed by atoms with Crippen molar-refractivity contribution in [2.45, 2.75) is 31.6 Å². The van der Waals surface area contributed by atoms with E-state index in [4.69, 9.17) is 11.6 Å². The summed E-state index contributed by atoms with van der Waals surface area (Å²) in [6.45, 7) is 0. The van der Waals surface area contributed by atoms with Gasteiger partial charge in [-0.25, -0.2) is 0 Å². The van der Waals surface area contributed by atoms with Crippen LogP contribution in [-0.2, 0) is 6.18 Å². The van der Waals surface area contributed by atoms with Gasteiger partial charge in [-0.1, -0.05) is 17.7 Å². The number of aromatic nitrogens is 1. The van der Waals surface area contributed by atoms with Crippen LogP contribution in [0, 0.1) is 5.92 Å². The summed E-state index contributed by atoms with van der Waals surface area (Å²) in [5.41, 5.74) is -0.617. The molecule has 0 radical (unpaired) electrons. The summed E-state index contributed by atoms with van der Waals surface area (Å²) in [5, 5.41) is -0.000270. The van der Waals surface area contributed by atoms with Gasteiger partial charge in [-0.15, -0.1) is 0 Å². The molecule has 0 aromatic carbocycles. The minimum Gasteiger partial charge on any atom is -0.250 e. The maximum Gasteiger partial charge on any atom is 0.433 e. The molecule has 0 saturated heterocycles. The van der Waals surface area contributed by atoms with E-state index >= 15 is 0 Å². The standard InChI is InChI=1S/C13H10ClF6N/c14-10-6-21-11(13(18,19)20)5-9(10)7-1-3-8(4-2-7)12(15,16)17/h1,5-6,8H,2-4H2. The van der Waals surface area contributed by atoms with E-state index < -0.39 is 24.0 Å². The Morgan fingerprint density at radius 1 is 1.14 bits per heavy atom. The summed E-state index contributed by atoms with van der Waals surface area (Å²) in [6, 6.07) is 0.780. The van der Waals surface area contributed by atoms with Gasteiger partial charge in [0.05, 0.1) is 10.9 Å². The third kappa shape index (κ3) is 3.70. The Kier molecular flexibility index (Phi) is 4.24. The first-order valence-corrected chi connectivity index (χ1v) is 6.45. The minimum absolute atomic E-state index is 0.000270. The van der Waals surface area contributed by atoms with E-state index in [9.17, 15) is 26.3 Å². The van der Waals surface area contributed by atoms with Crippen molar-refractivity contribution in [1.29, 1.82) is 0 Å². The second-order valence-corrected chi connectivity index (χ2v) is 5.20. The summed E-state index contributed by atoms with van der Waals surface area (Å²) in [5.74, 6) is -1.45. The highest BCUT2D eigenvalue weighted by molar-refractivity contribution is 6.32. The van der Waals surface area contributed by atoms with Crippen molar-refractivity contribution >= 4 is 17.2 Å². The fraction of sp³-hybridized carbons (Fsp3) is 0.462. The van der Waals surface area contributed by atoms with Crippen LogP contribution >= 0.6 is 11.6 Å². The minimum atomic E-state index is -4.62. The highest BCUT2D eigenvalue weighted by atomic mass is 35.5. The van der Waals surface area contributed by atoms with Gasteiger partial charge < -0.3 is 0 Å². The molecule has 1 aromatic rings. The fourth-order valence-electron chi connectivity index (χ4n) is 2.22. The molecule has 0 aliphatic heterocycles. The molecule has 2 rings (SSSR count). The molecule has 116 valence electrons. The zero-order chi connectivity index (χ0) is 15.8. The molecular formula is C13H10ClF6N. The smallest absolute Gasteiger partial charge is 0.250 e. The number of halogens is 7. The molecule has 0 saturated carbocycles. The van der Waals surface area contributed by atoms with Gasteiger partial charge in [-0.2, -0.15) is 26.3 Å². The molecule has 21 heavy (non-hydrogen) atoms. The van der Waals surface area contributed by atoms with Gasteiger partial charge in [-0.05, 0) is 36.5 Å². The second-order valence-electron chi connectivity index (χ2n) is 4.79. The van der Waals surface area contributed by atoms with Crippen LogP contribution in [0.4, 0.5) is 26.3 Å². The van der Waals surface area contributed by atoms with Crippen molar-refractivity contribution in [1.82, 2.24) is 4.98 Å². The predicted octanol–water partition coefficient (Wildman–Crippen LogP) is 5.50. The predicted molar refractivity (Wildman–Crippen MR) is 65.6 cm³/mol. The SMILES string of the molecule is FC(F)(F)c1cc(C2=CCC(C(F)(F)F)CC2)c(Cl)cn1. The first-order valence-electron chi connectivity index (χ1n) is 6.08. The van der Waals surface area contributed by atoms with Crippen LogP contribution in [-0.4, -0.2) is 11.2 Å². The number of pyridine rings is 1. The number of hydrogen-bond acceptors (Lipinski definition) is 1. The van der Waals surface area contributed by atoms with E-state index in [1.54, 1.807) is 0 Å². The van der Waals surface area contributed by atoms with E-state index in [-0.39, 0.29) is 29.8 Å². The summed E-state index contributed by atoms with van der Waals surface area (Å²) >= 11 is 5.81. The van der Waals surface area contributed by atoms with Crippen molar-refractivity contribution in [3.8, 4) is 0 Å². The third-order valence-electron chi connectivity index (χ3n) is 3.37. The molecule has 1 atom stereocenters. The fourth-order valence-corrected chi connectivity index (χ4v) is 2.44. The zero-order valence-corrected chi connectivity index (χ0v) is 11.3. The molecule has 0 amide bonds. The maximum absolute atomic E-state index is 12.6. The monoisotopic (exact) mass is 329 g/mol. The van der Waals surface area contributed by atoms with Gasteiger partial charge in [0.1, 0.15) is 5.69 Å². The molecule has 0 spiro atoms. The zero-order valence-electron chi connectivity index (χ0n) is 10.5. The van der Waals surface area contributed by atoms with Crippen LogP contribution in [0.1, 0.15) is 30.5 Å². The largest absolute Gasteiger partial charge is 0.433 e. The van der Waals surface area contributed by atoms with Crippen LogP contribution in [0.5, 0.6) is 0 Å². The Morgan fingerprint density at radius 2 is 1.81 bits per heavy atom. The van der Waals surface area contributed by atoms with Gasteiger partial charge in [0.25, 0.3) is 0 Å². The molecule has 8 heteroatoms. The van der Waals surface area contributed by atoms with Gasteiger partial charge >= 0.3 is 12.4 Å². The van der Waals surface area contributed by atoms with Gasteiger partial charge in [0, 0.05) is 6.20 Å². The highest BCUT2D eigenvalue weighted by Crippen LogP contribution is 2.41. The first-order chi connectivity index (χ1) is 9.59. The van der Waals surface area contributed by atoms with E-state index in [0.717, 1.165) is 12.3 Å². The summed E-state index contributed by atoms with van der Waals surface area (Å²) in [6.07, 6.45) is -7.11. The molecule has 0 fully saturated rings. The molecule has 0 bridgehead atoms. The van der Waals surface area contributed by atoms with Gasteiger partial charge in [0.15, 0.2) is 0 Å². The maximum atomic E-state index is 12.6. The van der Waals surface area contributed by atoms with Crippen molar-refractivity contribution in [3.63, 3.8) is 0 Å². The molecule has 1 aliphatic rings. The van der Waals surface area contributed by atoms with Crippen LogP contribution in [0.15, 0.2) is 18.3 Å². The number of hydrogen-bond donors (Lipinski definition) is 0. The Morgan fingerprint density at radius 3 is 2.29 bits per heavy atom. The second kappa shape index (κ2) is 5.51. The molecule has 0 N–H and O–H groups in total. The molecular weight excluding hydrogens is 320 g/mol. The Bertz CT molecular complexity index is 561. The molecule has 1 nitrogen and oxygen atoms in total. The lowest BCUT2D eigenvalue weighted by atomic mass is 9.86. The quantitative estimate of drug-likeness (QED) is 0.620. The van der Waals surface area contributed by atoms with Crippen LogP contribution < -0.4 is 0 Å². The first kappa shape index (κ1) is 16.1. The van der Waals surface area contributed by atoms with Crippen molar-refractivity contribution in [2.75, 3.05) is 0 Å². The lowest BCUT2D eigenvalue weighted by Crippen LogP contribution is -2.24. The van der Waals surface area contributed by atoms with E-state index in [1.807, 2.05) is 0 Å². The van der Waals surface area contributed by atoms with Crippen molar-refractivity contribution < 1.29 is 26.3 Å². The molecule has 1 heterocycles. The summed E-state index contributed by atoms with van der Waals surface area (Å²) in [4.78, 5) is 3.20. The summed E-state index contributed by atoms with van der Waals surface area (Å²) in [7, 11) is 0. The number of allylic oxidation sites excluding steroid dienone is 2.